The van der Waals surface area contributed by atoms with E-state index >= 15 is 0 Å². The summed E-state index contributed by atoms with van der Waals surface area (Å²) < 4.78 is 0. The monoisotopic (exact) mass is 219 g/mol. The van der Waals surface area contributed by atoms with Crippen molar-refractivity contribution in [2.75, 3.05) is 0 Å². The molecule has 0 spiro atoms. The first-order valence-corrected chi connectivity index (χ1v) is 5.74. The highest BCUT2D eigenvalue weighted by atomic mass is 32.1. The van der Waals surface area contributed by atoms with Gasteiger partial charge < -0.3 is 0 Å². The zero-order valence-electron chi connectivity index (χ0n) is 8.35. The van der Waals surface area contributed by atoms with Gasteiger partial charge in [0, 0.05) is 11.4 Å². The highest BCUT2D eigenvalue weighted by molar-refractivity contribution is 7.09. The molecule has 0 bridgehead atoms. The van der Waals surface area contributed by atoms with Gasteiger partial charge in [0.2, 0.25) is 0 Å². The van der Waals surface area contributed by atoms with Gasteiger partial charge in [-0.1, -0.05) is 36.4 Å². The second-order valence-electron chi connectivity index (χ2n) is 3.17. The van der Waals surface area contributed by atoms with E-state index in [1.807, 2.05) is 24.3 Å². The normalized spacial score (nSPS) is 10.4. The molecular formula is C12H13NOS. The molecule has 1 N–H and O–H groups in total. The van der Waals surface area contributed by atoms with Crippen LogP contribution in [0.15, 0.2) is 47.8 Å². The molecule has 15 heavy (non-hydrogen) atoms. The summed E-state index contributed by atoms with van der Waals surface area (Å²) in [6.07, 6.45) is 0. The lowest BCUT2D eigenvalue weighted by Gasteiger charge is -2.04. The predicted octanol–water partition coefficient (Wildman–Crippen LogP) is 2.97. The molecule has 1 aromatic carbocycles. The Hall–Kier alpha value is -1.16. The second-order valence-corrected chi connectivity index (χ2v) is 4.21. The molecule has 2 nitrogen and oxygen atoms in total. The lowest BCUT2D eigenvalue weighted by Crippen LogP contribution is -2.13. The number of thiophene rings is 1. The number of hydrogen-bond acceptors (Lipinski definition) is 3. The van der Waals surface area contributed by atoms with Crippen molar-refractivity contribution in [1.29, 1.82) is 0 Å². The molecule has 0 unspecified atom stereocenters. The summed E-state index contributed by atoms with van der Waals surface area (Å²) in [6.45, 7) is 1.37. The minimum absolute atomic E-state index is 0.629. The van der Waals surface area contributed by atoms with Crippen LogP contribution < -0.4 is 5.48 Å². The van der Waals surface area contributed by atoms with Crippen molar-refractivity contribution in [3.8, 4) is 0 Å². The Morgan fingerprint density at radius 3 is 2.67 bits per heavy atom. The topological polar surface area (TPSA) is 21.3 Å². The van der Waals surface area contributed by atoms with Gasteiger partial charge in [-0.25, -0.2) is 0 Å². The Morgan fingerprint density at radius 2 is 1.93 bits per heavy atom. The molecule has 1 aromatic heterocycles. The van der Waals surface area contributed by atoms with Gasteiger partial charge in [-0.3, -0.25) is 4.84 Å². The molecule has 0 aliphatic rings. The number of rotatable bonds is 5. The first kappa shape index (κ1) is 10.4. The van der Waals surface area contributed by atoms with E-state index in [2.05, 4.69) is 29.1 Å². The van der Waals surface area contributed by atoms with Crippen LogP contribution in [0, 0.1) is 0 Å². The zero-order valence-corrected chi connectivity index (χ0v) is 9.17. The third-order valence-corrected chi connectivity index (χ3v) is 2.87. The molecule has 0 aliphatic heterocycles. The standard InChI is InChI=1S/C12H13NOS/c1-2-5-11(6-3-1)9-13-14-10-12-7-4-8-15-12/h1-8,13H,9-10H2. The molecule has 0 radical (unpaired) electrons. The van der Waals surface area contributed by atoms with Crippen molar-refractivity contribution in [1.82, 2.24) is 5.48 Å². The van der Waals surface area contributed by atoms with E-state index in [0.717, 1.165) is 6.54 Å². The van der Waals surface area contributed by atoms with Crippen LogP contribution in [-0.4, -0.2) is 0 Å². The summed E-state index contributed by atoms with van der Waals surface area (Å²) in [5.74, 6) is 0. The molecule has 0 fully saturated rings. The molecule has 0 amide bonds. The van der Waals surface area contributed by atoms with Crippen molar-refractivity contribution < 1.29 is 4.84 Å². The van der Waals surface area contributed by atoms with E-state index < -0.39 is 0 Å². The Labute approximate surface area is 93.5 Å². The minimum Gasteiger partial charge on any atom is -0.296 e. The summed E-state index contributed by atoms with van der Waals surface area (Å²) in [6, 6.07) is 14.3. The van der Waals surface area contributed by atoms with Gasteiger partial charge in [-0.2, -0.15) is 5.48 Å². The summed E-state index contributed by atoms with van der Waals surface area (Å²) in [7, 11) is 0. The fourth-order valence-corrected chi connectivity index (χ4v) is 1.86. The van der Waals surface area contributed by atoms with E-state index in [9.17, 15) is 0 Å². The maximum Gasteiger partial charge on any atom is 0.102 e. The molecule has 0 atom stereocenters. The summed E-state index contributed by atoms with van der Waals surface area (Å²) in [5.41, 5.74) is 4.17. The molecule has 2 rings (SSSR count). The number of benzene rings is 1. The Kier molecular flexibility index (Phi) is 3.91. The average molecular weight is 219 g/mol. The third kappa shape index (κ3) is 3.47. The summed E-state index contributed by atoms with van der Waals surface area (Å²) >= 11 is 1.70. The second kappa shape index (κ2) is 5.66. The number of nitrogens with one attached hydrogen (secondary N) is 1. The molecule has 3 heteroatoms. The van der Waals surface area contributed by atoms with E-state index in [1.165, 1.54) is 10.4 Å². The van der Waals surface area contributed by atoms with Gasteiger partial charge in [-0.15, -0.1) is 11.3 Å². The molecule has 0 saturated carbocycles. The van der Waals surface area contributed by atoms with Gasteiger partial charge in [0.1, 0.15) is 6.61 Å². The van der Waals surface area contributed by atoms with Crippen molar-refractivity contribution in [3.63, 3.8) is 0 Å². The largest absolute Gasteiger partial charge is 0.296 e. The predicted molar refractivity (Wildman–Crippen MR) is 62.4 cm³/mol. The first-order chi connectivity index (χ1) is 7.45. The van der Waals surface area contributed by atoms with E-state index in [-0.39, 0.29) is 0 Å². The lowest BCUT2D eigenvalue weighted by molar-refractivity contribution is 0.0250. The number of hydrogen-bond donors (Lipinski definition) is 1. The van der Waals surface area contributed by atoms with E-state index in [0.29, 0.717) is 6.61 Å². The zero-order chi connectivity index (χ0) is 10.3. The summed E-state index contributed by atoms with van der Waals surface area (Å²) in [5, 5.41) is 2.05. The Balaban J connectivity index is 1.68. The van der Waals surface area contributed by atoms with Crippen LogP contribution >= 0.6 is 11.3 Å². The number of hydroxylamine groups is 1. The molecule has 0 aliphatic carbocycles. The van der Waals surface area contributed by atoms with Crippen LogP contribution in [0.5, 0.6) is 0 Å². The molecule has 2 aromatic rings. The third-order valence-electron chi connectivity index (χ3n) is 2.02. The van der Waals surface area contributed by atoms with Crippen molar-refractivity contribution in [3.05, 3.63) is 58.3 Å². The van der Waals surface area contributed by atoms with Crippen LogP contribution in [0.3, 0.4) is 0 Å². The van der Waals surface area contributed by atoms with Crippen LogP contribution in [0.2, 0.25) is 0 Å². The SMILES string of the molecule is c1ccc(CNOCc2cccs2)cc1. The van der Waals surface area contributed by atoms with Crippen molar-refractivity contribution in [2.24, 2.45) is 0 Å². The molecule has 1 heterocycles. The molecule has 0 saturated heterocycles. The highest BCUT2D eigenvalue weighted by Gasteiger charge is 1.94. The minimum atomic E-state index is 0.629. The van der Waals surface area contributed by atoms with Gasteiger partial charge in [0.05, 0.1) is 0 Å². The highest BCUT2D eigenvalue weighted by Crippen LogP contribution is 2.08. The van der Waals surface area contributed by atoms with Crippen LogP contribution in [0.4, 0.5) is 0 Å². The van der Waals surface area contributed by atoms with Crippen LogP contribution in [0.25, 0.3) is 0 Å². The van der Waals surface area contributed by atoms with Gasteiger partial charge >= 0.3 is 0 Å². The maximum absolute atomic E-state index is 5.34. The van der Waals surface area contributed by atoms with Gasteiger partial charge in [0.15, 0.2) is 0 Å². The van der Waals surface area contributed by atoms with E-state index in [4.69, 9.17) is 4.84 Å². The van der Waals surface area contributed by atoms with Crippen molar-refractivity contribution in [2.45, 2.75) is 13.2 Å². The smallest absolute Gasteiger partial charge is 0.102 e. The summed E-state index contributed by atoms with van der Waals surface area (Å²) in [4.78, 5) is 6.57. The van der Waals surface area contributed by atoms with Crippen LogP contribution in [0.1, 0.15) is 10.4 Å². The first-order valence-electron chi connectivity index (χ1n) is 4.86. The molecular weight excluding hydrogens is 206 g/mol. The van der Waals surface area contributed by atoms with E-state index in [1.54, 1.807) is 11.3 Å². The average Bonchev–Trinajstić information content (AvgIpc) is 2.79. The van der Waals surface area contributed by atoms with Gasteiger partial charge in [0.25, 0.3) is 0 Å². The van der Waals surface area contributed by atoms with Crippen LogP contribution in [-0.2, 0) is 18.0 Å². The fraction of sp³-hybridized carbons (Fsp3) is 0.167. The lowest BCUT2D eigenvalue weighted by atomic mass is 10.2. The molecule has 78 valence electrons. The Morgan fingerprint density at radius 1 is 1.07 bits per heavy atom. The quantitative estimate of drug-likeness (QED) is 0.616. The van der Waals surface area contributed by atoms with Gasteiger partial charge in [-0.05, 0) is 17.0 Å². The Bertz CT molecular complexity index is 372. The fourth-order valence-electron chi connectivity index (χ4n) is 1.25. The van der Waals surface area contributed by atoms with Crippen molar-refractivity contribution >= 4 is 11.3 Å². The maximum atomic E-state index is 5.34.